The third kappa shape index (κ3) is 4.13. The monoisotopic (exact) mass is 239 g/mol. The van der Waals surface area contributed by atoms with Crippen LogP contribution in [0.4, 0.5) is 0 Å². The predicted octanol–water partition coefficient (Wildman–Crippen LogP) is 1.58. The van der Waals surface area contributed by atoms with Crippen molar-refractivity contribution in [2.75, 3.05) is 6.61 Å². The topological polar surface area (TPSA) is 50.1 Å². The molecule has 2 N–H and O–H groups in total. The number of hydrogen-bond acceptors (Lipinski definition) is 3. The summed E-state index contributed by atoms with van der Waals surface area (Å²) in [7, 11) is 1.95. The van der Waals surface area contributed by atoms with Crippen LogP contribution in [0.5, 0.6) is 0 Å². The van der Waals surface area contributed by atoms with Gasteiger partial charge in [-0.25, -0.2) is 0 Å². The molecule has 0 saturated carbocycles. The molecule has 0 spiro atoms. The Hall–Kier alpha value is -0.870. The van der Waals surface area contributed by atoms with Gasteiger partial charge in [0.15, 0.2) is 0 Å². The predicted molar refractivity (Wildman–Crippen MR) is 69.9 cm³/mol. The van der Waals surface area contributed by atoms with Crippen molar-refractivity contribution in [3.05, 3.63) is 17.5 Å². The van der Waals surface area contributed by atoms with Gasteiger partial charge in [0.25, 0.3) is 0 Å². The fourth-order valence-corrected chi connectivity index (χ4v) is 1.88. The van der Waals surface area contributed by atoms with E-state index >= 15 is 0 Å². The zero-order valence-corrected chi connectivity index (χ0v) is 11.6. The molecule has 0 aromatic carbocycles. The second-order valence-corrected chi connectivity index (χ2v) is 5.72. The highest BCUT2D eigenvalue weighted by Crippen LogP contribution is 2.24. The van der Waals surface area contributed by atoms with Crippen LogP contribution in [0, 0.1) is 0 Å². The van der Waals surface area contributed by atoms with Gasteiger partial charge in [0.1, 0.15) is 0 Å². The Morgan fingerprint density at radius 3 is 2.65 bits per heavy atom. The van der Waals surface area contributed by atoms with Crippen LogP contribution in [0.1, 0.15) is 45.4 Å². The maximum absolute atomic E-state index is 8.87. The lowest BCUT2D eigenvalue weighted by Crippen LogP contribution is -2.27. The number of aliphatic hydroxyl groups excluding tert-OH is 1. The van der Waals surface area contributed by atoms with Crippen LogP contribution in [-0.4, -0.2) is 27.5 Å². The average Bonchev–Trinajstić information content (AvgIpc) is 2.57. The molecule has 0 bridgehead atoms. The molecule has 98 valence electrons. The van der Waals surface area contributed by atoms with E-state index in [1.165, 1.54) is 5.56 Å². The number of hydrogen-bond donors (Lipinski definition) is 2. The van der Waals surface area contributed by atoms with Crippen molar-refractivity contribution in [2.24, 2.45) is 7.05 Å². The van der Waals surface area contributed by atoms with E-state index in [1.54, 1.807) is 0 Å². The van der Waals surface area contributed by atoms with Crippen molar-refractivity contribution in [3.63, 3.8) is 0 Å². The zero-order chi connectivity index (χ0) is 13.1. The minimum absolute atomic E-state index is 0.0679. The minimum atomic E-state index is 0.0679. The second-order valence-electron chi connectivity index (χ2n) is 5.72. The summed E-state index contributed by atoms with van der Waals surface area (Å²) in [6.07, 6.45) is 2.85. The van der Waals surface area contributed by atoms with E-state index in [0.717, 1.165) is 18.7 Å². The van der Waals surface area contributed by atoms with Gasteiger partial charge in [0.05, 0.1) is 5.69 Å². The molecule has 4 heteroatoms. The third-order valence-electron chi connectivity index (χ3n) is 2.82. The van der Waals surface area contributed by atoms with Gasteiger partial charge in [0.2, 0.25) is 0 Å². The maximum atomic E-state index is 8.87. The first-order chi connectivity index (χ1) is 7.84. The van der Waals surface area contributed by atoms with E-state index in [2.05, 4.69) is 44.3 Å². The summed E-state index contributed by atoms with van der Waals surface area (Å²) in [4.78, 5) is 0. The lowest BCUT2D eigenvalue weighted by Gasteiger charge is -2.19. The van der Waals surface area contributed by atoms with E-state index in [4.69, 9.17) is 5.11 Å². The highest BCUT2D eigenvalue weighted by atomic mass is 16.3. The fourth-order valence-electron chi connectivity index (χ4n) is 1.88. The summed E-state index contributed by atoms with van der Waals surface area (Å²) in [5.41, 5.74) is 2.45. The van der Waals surface area contributed by atoms with Crippen LogP contribution >= 0.6 is 0 Å². The molecule has 17 heavy (non-hydrogen) atoms. The molecule has 0 saturated heterocycles. The summed E-state index contributed by atoms with van der Waals surface area (Å²) < 4.78 is 1.87. The Morgan fingerprint density at radius 1 is 1.47 bits per heavy atom. The maximum Gasteiger partial charge on any atom is 0.0722 e. The summed E-state index contributed by atoms with van der Waals surface area (Å²) >= 11 is 0. The van der Waals surface area contributed by atoms with Gasteiger partial charge in [-0.05, 0) is 13.3 Å². The normalized spacial score (nSPS) is 14.0. The second kappa shape index (κ2) is 5.65. The van der Waals surface area contributed by atoms with Gasteiger partial charge in [-0.1, -0.05) is 20.8 Å². The van der Waals surface area contributed by atoms with E-state index < -0.39 is 0 Å². The number of aliphatic hydroxyl groups is 1. The Kier molecular flexibility index (Phi) is 4.71. The lowest BCUT2D eigenvalue weighted by atomic mass is 9.89. The molecule has 1 aromatic rings. The number of aromatic nitrogens is 2. The molecule has 4 nitrogen and oxygen atoms in total. The fraction of sp³-hybridized carbons (Fsp3) is 0.769. The van der Waals surface area contributed by atoms with Gasteiger partial charge in [-0.15, -0.1) is 0 Å². The summed E-state index contributed by atoms with van der Waals surface area (Å²) in [6.45, 7) is 9.65. The first-order valence-electron chi connectivity index (χ1n) is 6.22. The van der Waals surface area contributed by atoms with Crippen molar-refractivity contribution in [1.29, 1.82) is 0 Å². The van der Waals surface area contributed by atoms with Gasteiger partial charge >= 0.3 is 0 Å². The molecule has 1 rings (SSSR count). The molecular formula is C13H25N3O. The number of nitrogens with zero attached hydrogens (tertiary/aromatic N) is 2. The Labute approximate surface area is 104 Å². The third-order valence-corrected chi connectivity index (χ3v) is 2.82. The molecule has 1 atom stereocenters. The van der Waals surface area contributed by atoms with Crippen molar-refractivity contribution in [3.8, 4) is 0 Å². The summed E-state index contributed by atoms with van der Waals surface area (Å²) in [6, 6.07) is 0.327. The Morgan fingerprint density at radius 2 is 2.12 bits per heavy atom. The highest BCUT2D eigenvalue weighted by Gasteiger charge is 2.21. The van der Waals surface area contributed by atoms with Crippen molar-refractivity contribution in [1.82, 2.24) is 15.1 Å². The SMILES string of the molecule is CC(CCO)NCc1cn(C)nc1C(C)(C)C. The standard InChI is InChI=1S/C13H25N3O/c1-10(6-7-17)14-8-11-9-16(5)15-12(11)13(2,3)4/h9-10,14,17H,6-8H2,1-5H3. The Balaban J connectivity index is 2.71. The lowest BCUT2D eigenvalue weighted by molar-refractivity contribution is 0.268. The van der Waals surface area contributed by atoms with Gasteiger partial charge in [-0.2, -0.15) is 5.10 Å². The molecule has 0 aliphatic heterocycles. The molecule has 1 aromatic heterocycles. The van der Waals surface area contributed by atoms with Gasteiger partial charge in [-0.3, -0.25) is 4.68 Å². The van der Waals surface area contributed by atoms with Crippen LogP contribution in [0.15, 0.2) is 6.20 Å². The van der Waals surface area contributed by atoms with Crippen LogP contribution in [-0.2, 0) is 19.0 Å². The van der Waals surface area contributed by atoms with Crippen LogP contribution in [0.3, 0.4) is 0 Å². The van der Waals surface area contributed by atoms with E-state index in [1.807, 2.05) is 11.7 Å². The summed E-state index contributed by atoms with van der Waals surface area (Å²) in [5, 5.41) is 16.8. The highest BCUT2D eigenvalue weighted by molar-refractivity contribution is 5.23. The molecular weight excluding hydrogens is 214 g/mol. The van der Waals surface area contributed by atoms with Crippen molar-refractivity contribution < 1.29 is 5.11 Å². The van der Waals surface area contributed by atoms with Gasteiger partial charge < -0.3 is 10.4 Å². The minimum Gasteiger partial charge on any atom is -0.396 e. The molecule has 1 unspecified atom stereocenters. The largest absolute Gasteiger partial charge is 0.396 e. The van der Waals surface area contributed by atoms with Crippen LogP contribution in [0.2, 0.25) is 0 Å². The quantitative estimate of drug-likeness (QED) is 0.820. The van der Waals surface area contributed by atoms with E-state index in [0.29, 0.717) is 6.04 Å². The molecule has 0 amide bonds. The zero-order valence-electron chi connectivity index (χ0n) is 11.6. The van der Waals surface area contributed by atoms with Gasteiger partial charge in [0, 0.05) is 43.4 Å². The molecule has 0 aliphatic carbocycles. The number of nitrogens with one attached hydrogen (secondary N) is 1. The van der Waals surface area contributed by atoms with Crippen molar-refractivity contribution in [2.45, 2.75) is 52.1 Å². The first-order valence-corrected chi connectivity index (χ1v) is 6.22. The molecule has 1 heterocycles. The van der Waals surface area contributed by atoms with Crippen molar-refractivity contribution >= 4 is 0 Å². The molecule has 0 radical (unpaired) electrons. The summed E-state index contributed by atoms with van der Waals surface area (Å²) in [5.74, 6) is 0. The smallest absolute Gasteiger partial charge is 0.0722 e. The average molecular weight is 239 g/mol. The molecule has 0 aliphatic rings. The van der Waals surface area contributed by atoms with Crippen LogP contribution in [0.25, 0.3) is 0 Å². The van der Waals surface area contributed by atoms with E-state index in [-0.39, 0.29) is 12.0 Å². The molecule has 0 fully saturated rings. The van der Waals surface area contributed by atoms with E-state index in [9.17, 15) is 0 Å². The van der Waals surface area contributed by atoms with Crippen LogP contribution < -0.4 is 5.32 Å². The first kappa shape index (κ1) is 14.2. The number of rotatable bonds is 5. The number of aryl methyl sites for hydroxylation is 1. The Bertz CT molecular complexity index is 352.